The number of hydrogen-bond acceptors (Lipinski definition) is 4. The maximum Gasteiger partial charge on any atom is 0.326 e. The van der Waals surface area contributed by atoms with Gasteiger partial charge in [-0.3, -0.25) is 4.79 Å². The normalized spacial score (nSPS) is 12.6. The van der Waals surface area contributed by atoms with E-state index in [4.69, 9.17) is 4.74 Å². The summed E-state index contributed by atoms with van der Waals surface area (Å²) in [5, 5.41) is 0.0619. The van der Waals surface area contributed by atoms with E-state index in [0.717, 1.165) is 22.3 Å². The average Bonchev–Trinajstić information content (AvgIpc) is 2.97. The van der Waals surface area contributed by atoms with Crippen LogP contribution in [0.15, 0.2) is 126 Å². The number of carbonyl (C=O) groups excluding carboxylic acids is 1. The molecule has 0 spiro atoms. The minimum atomic E-state index is -4.04. The quantitative estimate of drug-likeness (QED) is 0.140. The number of aryl methyl sites for hydroxylation is 1. The molecule has 0 bridgehead atoms. The molecule has 200 valence electrons. The van der Waals surface area contributed by atoms with Crippen molar-refractivity contribution in [2.45, 2.75) is 24.0 Å². The summed E-state index contributed by atoms with van der Waals surface area (Å²) < 4.78 is 35.0. The molecule has 4 aromatic carbocycles. The fraction of sp³-hybridized carbons (Fsp3) is 0.156. The first kappa shape index (κ1) is 28.5. The van der Waals surface area contributed by atoms with Gasteiger partial charge in [-0.2, -0.15) is 4.31 Å². The summed E-state index contributed by atoms with van der Waals surface area (Å²) in [5.74, 6) is -0.645. The van der Waals surface area contributed by atoms with E-state index < -0.39 is 28.1 Å². The Balaban J connectivity index is 1.68. The summed E-state index contributed by atoms with van der Waals surface area (Å²) in [4.78, 5) is 13.9. The Morgan fingerprint density at radius 1 is 0.821 bits per heavy atom. The number of benzene rings is 4. The molecule has 0 saturated heterocycles. The minimum Gasteiger partial charge on any atom is -0.451 e. The lowest BCUT2D eigenvalue weighted by Gasteiger charge is -2.29. The van der Waals surface area contributed by atoms with Crippen LogP contribution >= 0.6 is 15.9 Å². The molecule has 0 aliphatic carbocycles. The van der Waals surface area contributed by atoms with E-state index in [1.54, 1.807) is 30.3 Å². The van der Waals surface area contributed by atoms with Crippen molar-refractivity contribution in [3.8, 4) is 0 Å². The third-order valence-corrected chi connectivity index (χ3v) is 8.73. The molecule has 0 saturated carbocycles. The molecule has 0 N–H and O–H groups in total. The van der Waals surface area contributed by atoms with Crippen LogP contribution in [0.3, 0.4) is 0 Å². The van der Waals surface area contributed by atoms with E-state index in [9.17, 15) is 13.2 Å². The molecule has 0 unspecified atom stereocenters. The Kier molecular flexibility index (Phi) is 9.87. The number of sulfonamides is 1. The second kappa shape index (κ2) is 13.5. The highest BCUT2D eigenvalue weighted by Crippen LogP contribution is 2.28. The van der Waals surface area contributed by atoms with Crippen LogP contribution in [0.1, 0.15) is 28.4 Å². The molecule has 0 radical (unpaired) electrons. The lowest BCUT2D eigenvalue weighted by atomic mass is 10.0. The number of esters is 1. The molecule has 5 nitrogen and oxygen atoms in total. The number of alkyl halides is 1. The molecule has 0 amide bonds. The standard InChI is InChI=1S/C32H30BrNO4S/c1-25-19-21-29(22-20-25)39(36,37)34(23-11-14-26-12-5-2-6-13-26)30(24-33)32(35)38-31(27-15-7-3-8-16-27)28-17-9-4-10-18-28/h2-22,30-31H,23-24H2,1H3/b14-11-/t30-/m0/s1. The Labute approximate surface area is 238 Å². The van der Waals surface area contributed by atoms with Gasteiger partial charge in [0.05, 0.1) is 4.90 Å². The highest BCUT2D eigenvalue weighted by Gasteiger charge is 2.37. The number of ether oxygens (including phenoxy) is 1. The predicted molar refractivity (Wildman–Crippen MR) is 159 cm³/mol. The Bertz CT molecular complexity index is 1440. The number of rotatable bonds is 11. The van der Waals surface area contributed by atoms with Crippen molar-refractivity contribution in [2.24, 2.45) is 0 Å². The highest BCUT2D eigenvalue weighted by molar-refractivity contribution is 9.09. The average molecular weight is 605 g/mol. The van der Waals surface area contributed by atoms with Gasteiger partial charge in [-0.25, -0.2) is 8.42 Å². The van der Waals surface area contributed by atoms with Crippen LogP contribution in [0.2, 0.25) is 0 Å². The van der Waals surface area contributed by atoms with Gasteiger partial charge in [-0.1, -0.05) is 137 Å². The van der Waals surface area contributed by atoms with Crippen molar-refractivity contribution >= 4 is 38.0 Å². The maximum atomic E-state index is 13.9. The summed E-state index contributed by atoms with van der Waals surface area (Å²) >= 11 is 3.40. The maximum absolute atomic E-state index is 13.9. The van der Waals surface area contributed by atoms with Crippen LogP contribution in [0.25, 0.3) is 6.08 Å². The largest absolute Gasteiger partial charge is 0.451 e. The SMILES string of the molecule is Cc1ccc(S(=O)(=O)N(C/C=C\c2ccccc2)[C@@H](CBr)C(=O)OC(c2ccccc2)c2ccccc2)cc1. The first-order valence-corrected chi connectivity index (χ1v) is 15.1. The van der Waals surface area contributed by atoms with Crippen molar-refractivity contribution in [1.29, 1.82) is 0 Å². The summed E-state index contributed by atoms with van der Waals surface area (Å²) in [5.41, 5.74) is 3.45. The van der Waals surface area contributed by atoms with E-state index in [-0.39, 0.29) is 16.8 Å². The van der Waals surface area contributed by atoms with Gasteiger partial charge in [0.15, 0.2) is 6.10 Å². The van der Waals surface area contributed by atoms with Gasteiger partial charge in [0, 0.05) is 11.9 Å². The monoisotopic (exact) mass is 603 g/mol. The number of nitrogens with zero attached hydrogens (tertiary/aromatic N) is 1. The van der Waals surface area contributed by atoms with Crippen molar-refractivity contribution in [3.05, 3.63) is 144 Å². The smallest absolute Gasteiger partial charge is 0.326 e. The third kappa shape index (κ3) is 7.32. The molecule has 39 heavy (non-hydrogen) atoms. The molecule has 0 aromatic heterocycles. The first-order valence-electron chi connectivity index (χ1n) is 12.6. The number of carbonyl (C=O) groups is 1. The molecule has 4 rings (SSSR count). The van der Waals surface area contributed by atoms with Gasteiger partial charge in [-0.05, 0) is 35.7 Å². The molecular formula is C32H30BrNO4S. The van der Waals surface area contributed by atoms with E-state index in [0.29, 0.717) is 0 Å². The molecule has 7 heteroatoms. The van der Waals surface area contributed by atoms with E-state index in [1.165, 1.54) is 4.31 Å². The lowest BCUT2D eigenvalue weighted by molar-refractivity contribution is -0.151. The van der Waals surface area contributed by atoms with Crippen molar-refractivity contribution in [1.82, 2.24) is 4.31 Å². The van der Waals surface area contributed by atoms with Crippen molar-refractivity contribution in [2.75, 3.05) is 11.9 Å². The zero-order valence-electron chi connectivity index (χ0n) is 21.6. The van der Waals surface area contributed by atoms with Gasteiger partial charge >= 0.3 is 5.97 Å². The summed E-state index contributed by atoms with van der Waals surface area (Å²) in [6.45, 7) is 1.88. The highest BCUT2D eigenvalue weighted by atomic mass is 79.9. The van der Waals surface area contributed by atoms with Gasteiger partial charge < -0.3 is 4.74 Å². The second-order valence-corrected chi connectivity index (χ2v) is 11.5. The Morgan fingerprint density at radius 3 is 1.85 bits per heavy atom. The fourth-order valence-electron chi connectivity index (χ4n) is 4.13. The molecule has 0 aliphatic heterocycles. The lowest BCUT2D eigenvalue weighted by Crippen LogP contribution is -2.47. The van der Waals surface area contributed by atoms with Crippen LogP contribution in [-0.2, 0) is 19.6 Å². The van der Waals surface area contributed by atoms with Gasteiger partial charge in [0.1, 0.15) is 6.04 Å². The first-order chi connectivity index (χ1) is 18.9. The van der Waals surface area contributed by atoms with Crippen LogP contribution in [0, 0.1) is 6.92 Å². The summed E-state index contributed by atoms with van der Waals surface area (Å²) in [6, 6.07) is 33.9. The molecule has 4 aromatic rings. The molecule has 0 heterocycles. The van der Waals surface area contributed by atoms with E-state index >= 15 is 0 Å². The van der Waals surface area contributed by atoms with Crippen LogP contribution in [-0.4, -0.2) is 36.6 Å². The Hall–Kier alpha value is -3.52. The topological polar surface area (TPSA) is 63.7 Å². The van der Waals surface area contributed by atoms with E-state index in [2.05, 4.69) is 15.9 Å². The fourth-order valence-corrected chi connectivity index (χ4v) is 6.47. The zero-order valence-corrected chi connectivity index (χ0v) is 24.0. The third-order valence-electron chi connectivity index (χ3n) is 6.23. The minimum absolute atomic E-state index is 0.0161. The molecule has 1 atom stereocenters. The van der Waals surface area contributed by atoms with E-state index in [1.807, 2.05) is 104 Å². The van der Waals surface area contributed by atoms with Crippen LogP contribution in [0.4, 0.5) is 0 Å². The zero-order chi connectivity index (χ0) is 27.7. The number of halogens is 1. The van der Waals surface area contributed by atoms with Gasteiger partial charge in [-0.15, -0.1) is 0 Å². The molecule has 0 fully saturated rings. The predicted octanol–water partition coefficient (Wildman–Crippen LogP) is 6.80. The van der Waals surface area contributed by atoms with Crippen LogP contribution < -0.4 is 0 Å². The second-order valence-electron chi connectivity index (χ2n) is 9.01. The number of hydrogen-bond donors (Lipinski definition) is 0. The molecule has 0 aliphatic rings. The molecular weight excluding hydrogens is 574 g/mol. The Morgan fingerprint density at radius 2 is 1.33 bits per heavy atom. The van der Waals surface area contributed by atoms with Crippen molar-refractivity contribution < 1.29 is 17.9 Å². The summed E-state index contributed by atoms with van der Waals surface area (Å²) in [7, 11) is -4.04. The van der Waals surface area contributed by atoms with Gasteiger partial charge in [0.25, 0.3) is 0 Å². The van der Waals surface area contributed by atoms with Gasteiger partial charge in [0.2, 0.25) is 10.0 Å². The van der Waals surface area contributed by atoms with Crippen molar-refractivity contribution in [3.63, 3.8) is 0 Å². The summed E-state index contributed by atoms with van der Waals surface area (Å²) in [6.07, 6.45) is 2.89. The van der Waals surface area contributed by atoms with Crippen LogP contribution in [0.5, 0.6) is 0 Å².